The summed E-state index contributed by atoms with van der Waals surface area (Å²) < 4.78 is 0. The summed E-state index contributed by atoms with van der Waals surface area (Å²) in [6.07, 6.45) is 2.58. The van der Waals surface area contributed by atoms with E-state index in [0.717, 1.165) is 50.1 Å². The highest BCUT2D eigenvalue weighted by molar-refractivity contribution is 5.94. The topological polar surface area (TPSA) is 52.7 Å². The maximum atomic E-state index is 13.2. The van der Waals surface area contributed by atoms with E-state index in [1.54, 1.807) is 0 Å². The van der Waals surface area contributed by atoms with E-state index in [4.69, 9.17) is 0 Å². The quantitative estimate of drug-likeness (QED) is 0.747. The Labute approximate surface area is 173 Å². The molecule has 2 aromatic carbocycles. The van der Waals surface area contributed by atoms with Crippen LogP contribution in [-0.4, -0.2) is 42.9 Å². The third-order valence-corrected chi connectivity index (χ3v) is 5.42. The van der Waals surface area contributed by atoms with E-state index in [9.17, 15) is 9.59 Å². The molecule has 0 aliphatic carbocycles. The molecule has 0 unspecified atom stereocenters. The summed E-state index contributed by atoms with van der Waals surface area (Å²) in [5.74, 6) is 0.323. The molecule has 1 aliphatic heterocycles. The highest BCUT2D eigenvalue weighted by Crippen LogP contribution is 2.20. The van der Waals surface area contributed by atoms with Crippen LogP contribution < -0.4 is 10.2 Å². The number of para-hydroxylation sites is 1. The van der Waals surface area contributed by atoms with Crippen LogP contribution in [0, 0.1) is 5.92 Å². The van der Waals surface area contributed by atoms with Gasteiger partial charge in [-0.2, -0.15) is 0 Å². The lowest BCUT2D eigenvalue weighted by molar-refractivity contribution is -0.126. The lowest BCUT2D eigenvalue weighted by atomic mass is 9.96. The van der Waals surface area contributed by atoms with Crippen molar-refractivity contribution < 1.29 is 9.59 Å². The monoisotopic (exact) mass is 393 g/mol. The Balaban J connectivity index is 1.60. The van der Waals surface area contributed by atoms with Crippen LogP contribution in [0.3, 0.4) is 0 Å². The minimum absolute atomic E-state index is 0.0717. The van der Waals surface area contributed by atoms with Gasteiger partial charge >= 0.3 is 0 Å². The minimum Gasteiger partial charge on any atom is -0.356 e. The summed E-state index contributed by atoms with van der Waals surface area (Å²) in [5, 5.41) is 2.99. The minimum atomic E-state index is 0.0717. The zero-order valence-electron chi connectivity index (χ0n) is 17.2. The molecule has 29 heavy (non-hydrogen) atoms. The number of carbonyl (C=O) groups is 2. The van der Waals surface area contributed by atoms with Gasteiger partial charge in [0.1, 0.15) is 0 Å². The van der Waals surface area contributed by atoms with Crippen LogP contribution in [0.5, 0.6) is 0 Å². The van der Waals surface area contributed by atoms with Gasteiger partial charge in [-0.15, -0.1) is 0 Å². The Morgan fingerprint density at radius 2 is 1.62 bits per heavy atom. The average molecular weight is 394 g/mol. The van der Waals surface area contributed by atoms with Crippen molar-refractivity contribution in [2.45, 2.75) is 32.7 Å². The van der Waals surface area contributed by atoms with Gasteiger partial charge in [-0.05, 0) is 50.0 Å². The largest absolute Gasteiger partial charge is 0.356 e. The van der Waals surface area contributed by atoms with Crippen molar-refractivity contribution in [3.8, 4) is 0 Å². The molecule has 0 radical (unpaired) electrons. The number of benzene rings is 2. The van der Waals surface area contributed by atoms with Gasteiger partial charge in [0.05, 0.1) is 13.1 Å². The number of nitrogens with one attached hydrogen (secondary N) is 1. The summed E-state index contributed by atoms with van der Waals surface area (Å²) in [7, 11) is 0. The maximum absolute atomic E-state index is 13.2. The Morgan fingerprint density at radius 3 is 2.24 bits per heavy atom. The van der Waals surface area contributed by atoms with E-state index in [1.165, 1.54) is 0 Å². The van der Waals surface area contributed by atoms with E-state index in [2.05, 4.69) is 17.1 Å². The molecule has 5 nitrogen and oxygen atoms in total. The number of amides is 2. The first kappa shape index (κ1) is 21.1. The number of hydrogen-bond donors (Lipinski definition) is 1. The van der Waals surface area contributed by atoms with Crippen molar-refractivity contribution in [3.63, 3.8) is 0 Å². The van der Waals surface area contributed by atoms with E-state index < -0.39 is 0 Å². The molecule has 1 aliphatic rings. The molecule has 3 rings (SSSR count). The standard InChI is InChI=1S/C24H31N3O2/c1-2-15-25-24(29)21-13-16-26(17-14-21)19-23(28)27(22-11-7-4-8-12-22)18-20-9-5-3-6-10-20/h3-12,21H,2,13-19H2,1H3,(H,25,29). The fraction of sp³-hybridized carbons (Fsp3) is 0.417. The molecule has 0 bridgehead atoms. The zero-order chi connectivity index (χ0) is 20.5. The molecular formula is C24H31N3O2. The summed E-state index contributed by atoms with van der Waals surface area (Å²) in [5.41, 5.74) is 2.02. The van der Waals surface area contributed by atoms with Gasteiger partial charge in [0.2, 0.25) is 11.8 Å². The van der Waals surface area contributed by atoms with Gasteiger partial charge in [0.25, 0.3) is 0 Å². The molecule has 1 saturated heterocycles. The SMILES string of the molecule is CCCNC(=O)C1CCN(CC(=O)N(Cc2ccccc2)c2ccccc2)CC1. The highest BCUT2D eigenvalue weighted by Gasteiger charge is 2.27. The number of nitrogens with zero attached hydrogens (tertiary/aromatic N) is 2. The number of carbonyl (C=O) groups excluding carboxylic acids is 2. The van der Waals surface area contributed by atoms with Crippen LogP contribution in [-0.2, 0) is 16.1 Å². The van der Waals surface area contributed by atoms with Crippen LogP contribution in [0.4, 0.5) is 5.69 Å². The van der Waals surface area contributed by atoms with Gasteiger partial charge in [0.15, 0.2) is 0 Å². The molecule has 0 spiro atoms. The Bertz CT molecular complexity index is 771. The number of piperidine rings is 1. The van der Waals surface area contributed by atoms with Crippen LogP contribution in [0.25, 0.3) is 0 Å². The van der Waals surface area contributed by atoms with Gasteiger partial charge in [-0.25, -0.2) is 0 Å². The lowest BCUT2D eigenvalue weighted by Gasteiger charge is -2.32. The molecule has 1 fully saturated rings. The number of hydrogen-bond acceptors (Lipinski definition) is 3. The summed E-state index contributed by atoms with van der Waals surface area (Å²) >= 11 is 0. The molecule has 1 heterocycles. The predicted octanol–water partition coefficient (Wildman–Crippen LogP) is 3.46. The smallest absolute Gasteiger partial charge is 0.241 e. The van der Waals surface area contributed by atoms with Crippen LogP contribution in [0.15, 0.2) is 60.7 Å². The lowest BCUT2D eigenvalue weighted by Crippen LogP contribution is -2.45. The Morgan fingerprint density at radius 1 is 1.00 bits per heavy atom. The van der Waals surface area contributed by atoms with Crippen molar-refractivity contribution in [1.29, 1.82) is 0 Å². The normalized spacial score (nSPS) is 15.1. The van der Waals surface area contributed by atoms with E-state index in [0.29, 0.717) is 13.1 Å². The zero-order valence-corrected chi connectivity index (χ0v) is 17.2. The fourth-order valence-corrected chi connectivity index (χ4v) is 3.72. The number of likely N-dealkylation sites (tertiary alicyclic amines) is 1. The molecule has 0 atom stereocenters. The van der Waals surface area contributed by atoms with Crippen LogP contribution in [0.2, 0.25) is 0 Å². The highest BCUT2D eigenvalue weighted by atomic mass is 16.2. The van der Waals surface area contributed by atoms with E-state index >= 15 is 0 Å². The first-order chi connectivity index (χ1) is 14.2. The second-order valence-electron chi connectivity index (χ2n) is 7.64. The van der Waals surface area contributed by atoms with Crippen molar-refractivity contribution in [2.75, 3.05) is 31.1 Å². The second kappa shape index (κ2) is 10.8. The summed E-state index contributed by atoms with van der Waals surface area (Å²) in [4.78, 5) is 29.4. The van der Waals surface area contributed by atoms with Crippen molar-refractivity contribution in [2.24, 2.45) is 5.92 Å². The summed E-state index contributed by atoms with van der Waals surface area (Å²) in [6.45, 7) is 5.30. The molecule has 154 valence electrons. The summed E-state index contributed by atoms with van der Waals surface area (Å²) in [6, 6.07) is 19.9. The van der Waals surface area contributed by atoms with Crippen LogP contribution in [0.1, 0.15) is 31.7 Å². The predicted molar refractivity (Wildman–Crippen MR) is 117 cm³/mol. The number of anilines is 1. The Hall–Kier alpha value is -2.66. The maximum Gasteiger partial charge on any atom is 0.241 e. The van der Waals surface area contributed by atoms with Crippen molar-refractivity contribution in [3.05, 3.63) is 66.2 Å². The van der Waals surface area contributed by atoms with Gasteiger partial charge in [0, 0.05) is 18.2 Å². The molecule has 1 N–H and O–H groups in total. The second-order valence-corrected chi connectivity index (χ2v) is 7.64. The average Bonchev–Trinajstić information content (AvgIpc) is 2.77. The third kappa shape index (κ3) is 6.16. The van der Waals surface area contributed by atoms with Gasteiger partial charge < -0.3 is 10.2 Å². The first-order valence-corrected chi connectivity index (χ1v) is 10.6. The molecule has 2 aromatic rings. The molecule has 2 amide bonds. The van der Waals surface area contributed by atoms with Crippen molar-refractivity contribution in [1.82, 2.24) is 10.2 Å². The fourth-order valence-electron chi connectivity index (χ4n) is 3.72. The molecule has 0 saturated carbocycles. The third-order valence-electron chi connectivity index (χ3n) is 5.42. The Kier molecular flexibility index (Phi) is 7.82. The van der Waals surface area contributed by atoms with E-state index in [-0.39, 0.29) is 17.7 Å². The molecular weight excluding hydrogens is 362 g/mol. The molecule has 5 heteroatoms. The van der Waals surface area contributed by atoms with E-state index in [1.807, 2.05) is 65.6 Å². The first-order valence-electron chi connectivity index (χ1n) is 10.6. The van der Waals surface area contributed by atoms with Gasteiger partial charge in [-0.3, -0.25) is 14.5 Å². The molecule has 0 aromatic heterocycles. The van der Waals surface area contributed by atoms with Gasteiger partial charge in [-0.1, -0.05) is 55.5 Å². The van der Waals surface area contributed by atoms with Crippen LogP contribution >= 0.6 is 0 Å². The number of rotatable bonds is 8. The van der Waals surface area contributed by atoms with Crippen molar-refractivity contribution >= 4 is 17.5 Å².